The molecule has 162 valence electrons. The molecule has 2 N–H and O–H groups in total. The lowest BCUT2D eigenvalue weighted by molar-refractivity contribution is 0.0951. The number of carbonyl (C=O) groups is 1. The Balaban J connectivity index is 1.39. The molecular formula is C24H21N3O4S. The van der Waals surface area contributed by atoms with Gasteiger partial charge in [-0.1, -0.05) is 12.1 Å². The SMILES string of the molecule is Cc1cccc(S(=O)(=O)Nc2ccc(C(=O)NCc3ccnc(-c4ccco4)c3)cc2)c1. The molecule has 0 fully saturated rings. The zero-order valence-corrected chi connectivity index (χ0v) is 18.1. The minimum atomic E-state index is -3.70. The Labute approximate surface area is 186 Å². The molecule has 0 saturated heterocycles. The average Bonchev–Trinajstić information content (AvgIpc) is 3.33. The van der Waals surface area contributed by atoms with E-state index in [1.54, 1.807) is 54.9 Å². The van der Waals surface area contributed by atoms with Crippen LogP contribution in [0.15, 0.2) is 94.6 Å². The van der Waals surface area contributed by atoms with Crippen molar-refractivity contribution in [2.24, 2.45) is 0 Å². The molecule has 0 aliphatic carbocycles. The molecule has 2 aromatic carbocycles. The Bertz CT molecular complexity index is 1330. The summed E-state index contributed by atoms with van der Waals surface area (Å²) in [6, 6.07) is 20.2. The van der Waals surface area contributed by atoms with Crippen LogP contribution in [-0.4, -0.2) is 19.3 Å². The van der Waals surface area contributed by atoms with Crippen molar-refractivity contribution in [2.75, 3.05) is 4.72 Å². The Hall–Kier alpha value is -3.91. The lowest BCUT2D eigenvalue weighted by atomic mass is 10.1. The van der Waals surface area contributed by atoms with Crippen molar-refractivity contribution in [2.45, 2.75) is 18.4 Å². The van der Waals surface area contributed by atoms with Crippen molar-refractivity contribution < 1.29 is 17.6 Å². The fourth-order valence-corrected chi connectivity index (χ4v) is 4.28. The molecule has 0 aliphatic heterocycles. The maximum atomic E-state index is 12.5. The molecule has 0 unspecified atom stereocenters. The van der Waals surface area contributed by atoms with E-state index in [0.29, 0.717) is 29.2 Å². The molecule has 8 heteroatoms. The van der Waals surface area contributed by atoms with Crippen molar-refractivity contribution in [3.63, 3.8) is 0 Å². The van der Waals surface area contributed by atoms with Crippen molar-refractivity contribution in [1.29, 1.82) is 0 Å². The summed E-state index contributed by atoms with van der Waals surface area (Å²) >= 11 is 0. The molecular weight excluding hydrogens is 426 g/mol. The van der Waals surface area contributed by atoms with E-state index in [4.69, 9.17) is 4.42 Å². The highest BCUT2D eigenvalue weighted by Gasteiger charge is 2.14. The van der Waals surface area contributed by atoms with Gasteiger partial charge < -0.3 is 9.73 Å². The van der Waals surface area contributed by atoms with E-state index in [1.807, 2.05) is 31.2 Å². The van der Waals surface area contributed by atoms with Gasteiger partial charge in [0.25, 0.3) is 15.9 Å². The van der Waals surface area contributed by atoms with Crippen LogP contribution in [0.4, 0.5) is 5.69 Å². The van der Waals surface area contributed by atoms with Crippen LogP contribution in [0.1, 0.15) is 21.5 Å². The molecule has 2 aromatic heterocycles. The number of hydrogen-bond acceptors (Lipinski definition) is 5. The highest BCUT2D eigenvalue weighted by molar-refractivity contribution is 7.92. The van der Waals surface area contributed by atoms with Gasteiger partial charge in [0.1, 0.15) is 5.69 Å². The number of nitrogens with one attached hydrogen (secondary N) is 2. The van der Waals surface area contributed by atoms with Crippen LogP contribution in [0.25, 0.3) is 11.5 Å². The first-order valence-electron chi connectivity index (χ1n) is 9.87. The molecule has 0 atom stereocenters. The molecule has 7 nitrogen and oxygen atoms in total. The number of benzene rings is 2. The number of amides is 1. The van der Waals surface area contributed by atoms with Crippen LogP contribution in [0.3, 0.4) is 0 Å². The van der Waals surface area contributed by atoms with Crippen LogP contribution in [0, 0.1) is 6.92 Å². The van der Waals surface area contributed by atoms with Crippen molar-refractivity contribution >= 4 is 21.6 Å². The number of sulfonamides is 1. The summed E-state index contributed by atoms with van der Waals surface area (Å²) < 4.78 is 33.0. The standard InChI is InChI=1S/C24H21N3O4S/c1-17-4-2-5-21(14-17)32(29,30)27-20-9-7-19(8-10-20)24(28)26-16-18-11-12-25-22(15-18)23-6-3-13-31-23/h2-15,27H,16H2,1H3,(H,26,28). The van der Waals surface area contributed by atoms with E-state index in [9.17, 15) is 13.2 Å². The van der Waals surface area contributed by atoms with Gasteiger partial charge in [-0.15, -0.1) is 0 Å². The molecule has 0 bridgehead atoms. The minimum absolute atomic E-state index is 0.186. The highest BCUT2D eigenvalue weighted by Crippen LogP contribution is 2.19. The number of aryl methyl sites for hydroxylation is 1. The second kappa shape index (κ2) is 9.07. The summed E-state index contributed by atoms with van der Waals surface area (Å²) in [6.45, 7) is 2.15. The predicted octanol–water partition coefficient (Wildman–Crippen LogP) is 4.38. The zero-order chi connectivity index (χ0) is 22.6. The van der Waals surface area contributed by atoms with Gasteiger partial charge >= 0.3 is 0 Å². The monoisotopic (exact) mass is 447 g/mol. The van der Waals surface area contributed by atoms with Gasteiger partial charge in [0.15, 0.2) is 5.76 Å². The summed E-state index contributed by atoms with van der Waals surface area (Å²) in [5.41, 5.74) is 3.21. The number of aromatic nitrogens is 1. The maximum Gasteiger partial charge on any atom is 0.261 e. The number of furan rings is 1. The van der Waals surface area contributed by atoms with E-state index < -0.39 is 10.0 Å². The Morgan fingerprint density at radius 2 is 1.81 bits per heavy atom. The lowest BCUT2D eigenvalue weighted by Crippen LogP contribution is -2.22. The first-order valence-corrected chi connectivity index (χ1v) is 11.4. The largest absolute Gasteiger partial charge is 0.463 e. The summed E-state index contributed by atoms with van der Waals surface area (Å²) in [5.74, 6) is 0.385. The Morgan fingerprint density at radius 1 is 1.00 bits per heavy atom. The number of carbonyl (C=O) groups excluding carboxylic acids is 1. The van der Waals surface area contributed by atoms with Crippen molar-refractivity contribution in [3.8, 4) is 11.5 Å². The van der Waals surface area contributed by atoms with Crippen LogP contribution in [0.5, 0.6) is 0 Å². The van der Waals surface area contributed by atoms with Gasteiger partial charge in [0.2, 0.25) is 0 Å². The topological polar surface area (TPSA) is 101 Å². The predicted molar refractivity (Wildman–Crippen MR) is 122 cm³/mol. The summed E-state index contributed by atoms with van der Waals surface area (Å²) in [7, 11) is -3.70. The molecule has 1 amide bonds. The Morgan fingerprint density at radius 3 is 2.53 bits per heavy atom. The van der Waals surface area contributed by atoms with Gasteiger partial charge in [-0.05, 0) is 78.7 Å². The van der Waals surface area contributed by atoms with Gasteiger partial charge in [0.05, 0.1) is 11.2 Å². The van der Waals surface area contributed by atoms with E-state index in [-0.39, 0.29) is 10.8 Å². The average molecular weight is 448 g/mol. The van der Waals surface area contributed by atoms with Crippen LogP contribution in [-0.2, 0) is 16.6 Å². The van der Waals surface area contributed by atoms with Gasteiger partial charge in [-0.2, -0.15) is 0 Å². The number of nitrogens with zero attached hydrogens (tertiary/aromatic N) is 1. The highest BCUT2D eigenvalue weighted by atomic mass is 32.2. The molecule has 4 aromatic rings. The number of hydrogen-bond donors (Lipinski definition) is 2. The van der Waals surface area contributed by atoms with Crippen molar-refractivity contribution in [3.05, 3.63) is 102 Å². The molecule has 0 spiro atoms. The summed E-state index contributed by atoms with van der Waals surface area (Å²) in [5, 5.41) is 2.85. The lowest BCUT2D eigenvalue weighted by Gasteiger charge is -2.10. The molecule has 4 rings (SSSR count). The third kappa shape index (κ3) is 5.04. The third-order valence-corrected chi connectivity index (χ3v) is 6.13. The number of anilines is 1. The number of pyridine rings is 1. The maximum absolute atomic E-state index is 12.5. The van der Waals surface area contributed by atoms with Crippen LogP contribution >= 0.6 is 0 Å². The van der Waals surface area contributed by atoms with Crippen LogP contribution < -0.4 is 10.0 Å². The van der Waals surface area contributed by atoms with E-state index >= 15 is 0 Å². The Kier molecular flexibility index (Phi) is 6.04. The smallest absolute Gasteiger partial charge is 0.261 e. The molecule has 0 saturated carbocycles. The second-order valence-corrected chi connectivity index (χ2v) is 8.89. The van der Waals surface area contributed by atoms with Gasteiger partial charge in [-0.3, -0.25) is 14.5 Å². The zero-order valence-electron chi connectivity index (χ0n) is 17.3. The molecule has 0 radical (unpaired) electrons. The number of rotatable bonds is 7. The van der Waals surface area contributed by atoms with Crippen LogP contribution in [0.2, 0.25) is 0 Å². The van der Waals surface area contributed by atoms with Gasteiger partial charge in [0, 0.05) is 24.0 Å². The fourth-order valence-electron chi connectivity index (χ4n) is 3.11. The van der Waals surface area contributed by atoms with Crippen molar-refractivity contribution in [1.82, 2.24) is 10.3 Å². The summed E-state index contributed by atoms with van der Waals surface area (Å²) in [4.78, 5) is 17.0. The third-order valence-electron chi connectivity index (χ3n) is 4.75. The fraction of sp³-hybridized carbons (Fsp3) is 0.0833. The quantitative estimate of drug-likeness (QED) is 0.438. The van der Waals surface area contributed by atoms with E-state index in [0.717, 1.165) is 11.1 Å². The van der Waals surface area contributed by atoms with E-state index in [1.165, 1.54) is 6.07 Å². The minimum Gasteiger partial charge on any atom is -0.463 e. The molecule has 2 heterocycles. The first-order chi connectivity index (χ1) is 15.4. The normalized spacial score (nSPS) is 11.2. The second-order valence-electron chi connectivity index (χ2n) is 7.21. The summed E-state index contributed by atoms with van der Waals surface area (Å²) in [6.07, 6.45) is 3.24. The van der Waals surface area contributed by atoms with Gasteiger partial charge in [-0.25, -0.2) is 8.42 Å². The van der Waals surface area contributed by atoms with E-state index in [2.05, 4.69) is 15.0 Å². The molecule has 32 heavy (non-hydrogen) atoms. The first kappa shape index (κ1) is 21.3. The molecule has 0 aliphatic rings.